The molecule has 2 aromatic rings. The number of ether oxygens (including phenoxy) is 2. The van der Waals surface area contributed by atoms with Gasteiger partial charge in [-0.1, -0.05) is 17.7 Å². The molecule has 1 aliphatic rings. The van der Waals surface area contributed by atoms with Crippen LogP contribution in [0.4, 0.5) is 0 Å². The highest BCUT2D eigenvalue weighted by Gasteiger charge is 2.45. The molecule has 1 aromatic heterocycles. The zero-order chi connectivity index (χ0) is 20.4. The van der Waals surface area contributed by atoms with E-state index in [9.17, 15) is 25.2 Å². The van der Waals surface area contributed by atoms with Crippen LogP contribution >= 0.6 is 0 Å². The molecule has 8 nitrogen and oxygen atoms in total. The van der Waals surface area contributed by atoms with Crippen LogP contribution in [-0.2, 0) is 11.2 Å². The lowest BCUT2D eigenvalue weighted by molar-refractivity contribution is -0.277. The van der Waals surface area contributed by atoms with Gasteiger partial charge in [-0.25, -0.2) is 4.79 Å². The number of hydrogen-bond acceptors (Lipinski definition) is 8. The van der Waals surface area contributed by atoms with E-state index in [1.807, 2.05) is 26.0 Å². The molecule has 0 radical (unpaired) electrons. The average Bonchev–Trinajstić information content (AvgIpc) is 2.67. The van der Waals surface area contributed by atoms with Crippen molar-refractivity contribution < 1.29 is 34.3 Å². The summed E-state index contributed by atoms with van der Waals surface area (Å²) < 4.78 is 15.9. The summed E-state index contributed by atoms with van der Waals surface area (Å²) in [7, 11) is 0. The molecule has 0 bridgehead atoms. The summed E-state index contributed by atoms with van der Waals surface area (Å²) in [5.41, 5.74) is 1.81. The van der Waals surface area contributed by atoms with E-state index in [0.717, 1.165) is 12.0 Å². The fourth-order valence-corrected chi connectivity index (χ4v) is 2.97. The zero-order valence-electron chi connectivity index (χ0n) is 15.6. The van der Waals surface area contributed by atoms with Crippen LogP contribution in [0, 0.1) is 0 Å². The largest absolute Gasteiger partial charge is 0.454 e. The zero-order valence-corrected chi connectivity index (χ0v) is 15.6. The van der Waals surface area contributed by atoms with Gasteiger partial charge in [-0.2, -0.15) is 0 Å². The van der Waals surface area contributed by atoms with Gasteiger partial charge in [0.05, 0.1) is 6.61 Å². The quantitative estimate of drug-likeness (QED) is 0.427. The molecule has 1 unspecified atom stereocenters. The lowest BCUT2D eigenvalue weighted by atomic mass is 9.99. The van der Waals surface area contributed by atoms with Crippen LogP contribution in [-0.4, -0.2) is 57.7 Å². The third kappa shape index (κ3) is 4.26. The summed E-state index contributed by atoms with van der Waals surface area (Å²) in [5.74, 6) is -0.212. The van der Waals surface area contributed by atoms with E-state index in [2.05, 4.69) is 6.08 Å². The summed E-state index contributed by atoms with van der Waals surface area (Å²) in [6.45, 7) is 3.42. The third-order valence-electron chi connectivity index (χ3n) is 4.60. The van der Waals surface area contributed by atoms with Crippen molar-refractivity contribution in [1.82, 2.24) is 0 Å². The topological polar surface area (TPSA) is 130 Å². The van der Waals surface area contributed by atoms with Crippen LogP contribution in [0.2, 0.25) is 0 Å². The predicted molar refractivity (Wildman–Crippen MR) is 100 cm³/mol. The van der Waals surface area contributed by atoms with Crippen molar-refractivity contribution in [3.63, 3.8) is 0 Å². The fraction of sp³-hybridized carbons (Fsp3) is 0.450. The van der Waals surface area contributed by atoms with Gasteiger partial charge in [-0.3, -0.25) is 0 Å². The third-order valence-corrected chi connectivity index (χ3v) is 4.60. The van der Waals surface area contributed by atoms with Gasteiger partial charge in [0, 0.05) is 5.39 Å². The minimum Gasteiger partial charge on any atom is -0.454 e. The Morgan fingerprint density at radius 2 is 1.89 bits per heavy atom. The van der Waals surface area contributed by atoms with Crippen LogP contribution in [0.3, 0.4) is 0 Å². The Kier molecular flexibility index (Phi) is 6.17. The van der Waals surface area contributed by atoms with Crippen molar-refractivity contribution >= 4 is 11.0 Å². The Bertz CT molecular complexity index is 912. The summed E-state index contributed by atoms with van der Waals surface area (Å²) in [6.07, 6.45) is -4.51. The molecule has 1 aromatic carbocycles. The Morgan fingerprint density at radius 1 is 1.14 bits per heavy atom. The molecule has 2 heterocycles. The van der Waals surface area contributed by atoms with Crippen molar-refractivity contribution in [2.24, 2.45) is 0 Å². The summed E-state index contributed by atoms with van der Waals surface area (Å²) in [4.78, 5) is 12.2. The highest BCUT2D eigenvalue weighted by molar-refractivity contribution is 5.78. The van der Waals surface area contributed by atoms with E-state index in [0.29, 0.717) is 11.0 Å². The molecule has 1 aliphatic heterocycles. The van der Waals surface area contributed by atoms with Crippen LogP contribution in [0.25, 0.3) is 11.0 Å². The standard InChI is InChI=1S/C20H24O8/c1-10(2)3-4-11-5-6-13-12(7-11)8-14(19(25)26-13)27-20-18(24)17(23)16(22)15(9-21)28-20/h3,5-8,15-18,20-24H,4,9H2,1-2H3/t15-,16-,17+,18-,20?/m1/s1. The monoisotopic (exact) mass is 392 g/mol. The first-order valence-corrected chi connectivity index (χ1v) is 8.97. The van der Waals surface area contributed by atoms with Gasteiger partial charge < -0.3 is 34.3 Å². The molecule has 0 amide bonds. The first kappa shape index (κ1) is 20.5. The van der Waals surface area contributed by atoms with Gasteiger partial charge in [0.2, 0.25) is 12.0 Å². The van der Waals surface area contributed by atoms with Gasteiger partial charge in [0.1, 0.15) is 30.0 Å². The van der Waals surface area contributed by atoms with Gasteiger partial charge in [0.25, 0.3) is 0 Å². The number of aliphatic hydroxyl groups excluding tert-OH is 4. The van der Waals surface area contributed by atoms with Crippen LogP contribution in [0.5, 0.6) is 5.75 Å². The Morgan fingerprint density at radius 3 is 2.57 bits per heavy atom. The van der Waals surface area contributed by atoms with E-state index < -0.39 is 42.9 Å². The molecule has 3 rings (SSSR count). The molecule has 1 fully saturated rings. The normalized spacial score (nSPS) is 27.6. The maximum absolute atomic E-state index is 12.2. The molecule has 4 N–H and O–H groups in total. The van der Waals surface area contributed by atoms with Gasteiger partial charge in [-0.05, 0) is 44.0 Å². The Balaban J connectivity index is 1.88. The Labute approximate surface area is 161 Å². The lowest BCUT2D eigenvalue weighted by Crippen LogP contribution is -2.60. The first-order chi connectivity index (χ1) is 13.3. The van der Waals surface area contributed by atoms with E-state index in [4.69, 9.17) is 13.9 Å². The van der Waals surface area contributed by atoms with Crippen molar-refractivity contribution in [3.8, 4) is 5.75 Å². The SMILES string of the molecule is CC(C)=CCc1ccc2oc(=O)c(OC3O[C@H](CO)[C@@H](O)[C@H](O)[C@H]3O)cc2c1. The van der Waals surface area contributed by atoms with Crippen molar-refractivity contribution in [2.45, 2.75) is 51.0 Å². The van der Waals surface area contributed by atoms with Crippen molar-refractivity contribution in [1.29, 1.82) is 0 Å². The number of aliphatic hydroxyl groups is 4. The van der Waals surface area contributed by atoms with E-state index in [1.165, 1.54) is 11.6 Å². The second-order valence-electron chi connectivity index (χ2n) is 7.07. The minimum absolute atomic E-state index is 0.212. The van der Waals surface area contributed by atoms with Gasteiger partial charge in [-0.15, -0.1) is 0 Å². The maximum Gasteiger partial charge on any atom is 0.379 e. The van der Waals surface area contributed by atoms with Crippen LogP contribution in [0.15, 0.2) is 45.1 Å². The molecule has 28 heavy (non-hydrogen) atoms. The van der Waals surface area contributed by atoms with Gasteiger partial charge >= 0.3 is 5.63 Å². The molecule has 0 spiro atoms. The predicted octanol–water partition coefficient (Wildman–Crippen LogP) is 0.480. The molecule has 0 saturated carbocycles. The second-order valence-corrected chi connectivity index (χ2v) is 7.07. The number of rotatable bonds is 5. The fourth-order valence-electron chi connectivity index (χ4n) is 2.97. The molecule has 5 atom stereocenters. The molecule has 0 aliphatic carbocycles. The number of benzene rings is 1. The number of allylic oxidation sites excluding steroid dienone is 2. The molecule has 8 heteroatoms. The molecular formula is C20H24O8. The summed E-state index contributed by atoms with van der Waals surface area (Å²) >= 11 is 0. The molecular weight excluding hydrogens is 368 g/mol. The summed E-state index contributed by atoms with van der Waals surface area (Å²) in [5, 5.41) is 39.6. The molecule has 152 valence electrons. The number of fused-ring (bicyclic) bond motifs is 1. The van der Waals surface area contributed by atoms with E-state index in [1.54, 1.807) is 6.07 Å². The molecule has 1 saturated heterocycles. The van der Waals surface area contributed by atoms with Crippen molar-refractivity contribution in [2.75, 3.05) is 6.61 Å². The minimum atomic E-state index is -1.61. The average molecular weight is 392 g/mol. The first-order valence-electron chi connectivity index (χ1n) is 8.97. The number of hydrogen-bond donors (Lipinski definition) is 4. The maximum atomic E-state index is 12.2. The van der Waals surface area contributed by atoms with Gasteiger partial charge in [0.15, 0.2) is 0 Å². The Hall–Kier alpha value is -2.23. The summed E-state index contributed by atoms with van der Waals surface area (Å²) in [6, 6.07) is 6.89. The highest BCUT2D eigenvalue weighted by atomic mass is 16.7. The van der Waals surface area contributed by atoms with Crippen LogP contribution < -0.4 is 10.4 Å². The lowest BCUT2D eigenvalue weighted by Gasteiger charge is -2.39. The highest BCUT2D eigenvalue weighted by Crippen LogP contribution is 2.25. The van der Waals surface area contributed by atoms with E-state index >= 15 is 0 Å². The second kappa shape index (κ2) is 8.42. The van der Waals surface area contributed by atoms with Crippen molar-refractivity contribution in [3.05, 3.63) is 51.9 Å². The van der Waals surface area contributed by atoms with Crippen LogP contribution in [0.1, 0.15) is 19.4 Å². The van der Waals surface area contributed by atoms with E-state index in [-0.39, 0.29) is 5.75 Å². The smallest absolute Gasteiger partial charge is 0.379 e.